The average molecular weight is 301 g/mol. The molecule has 1 fully saturated rings. The molecule has 0 saturated carbocycles. The second kappa shape index (κ2) is 7.57. The number of morpholine rings is 1. The van der Waals surface area contributed by atoms with Gasteiger partial charge in [-0.15, -0.1) is 0 Å². The molecular formula is C14H18ClFN2O2. The van der Waals surface area contributed by atoms with Crippen LogP contribution in [0.15, 0.2) is 18.2 Å². The van der Waals surface area contributed by atoms with Gasteiger partial charge in [0.05, 0.1) is 18.8 Å². The molecule has 0 bridgehead atoms. The lowest BCUT2D eigenvalue weighted by Crippen LogP contribution is -2.38. The number of halogens is 2. The zero-order valence-electron chi connectivity index (χ0n) is 11.2. The standard InChI is InChI=1S/C14H18ClFN2O2/c15-11-2-3-12(13(16)10-11)14(19)17-4-1-5-18-6-8-20-9-7-18/h2-3,10H,1,4-9H2,(H,17,19). The Hall–Kier alpha value is -1.17. The third kappa shape index (κ3) is 4.44. The SMILES string of the molecule is O=C(NCCCN1CCOCC1)c1ccc(Cl)cc1F. The smallest absolute Gasteiger partial charge is 0.254 e. The molecule has 0 aliphatic carbocycles. The summed E-state index contributed by atoms with van der Waals surface area (Å²) in [6, 6.07) is 4.05. The minimum atomic E-state index is -0.594. The molecule has 1 heterocycles. The summed E-state index contributed by atoms with van der Waals surface area (Å²) in [5.74, 6) is -0.996. The van der Waals surface area contributed by atoms with Crippen molar-refractivity contribution in [2.24, 2.45) is 0 Å². The lowest BCUT2D eigenvalue weighted by atomic mass is 10.2. The second-order valence-electron chi connectivity index (χ2n) is 4.69. The van der Waals surface area contributed by atoms with E-state index < -0.39 is 11.7 Å². The zero-order chi connectivity index (χ0) is 14.4. The van der Waals surface area contributed by atoms with Gasteiger partial charge in [0.1, 0.15) is 5.82 Å². The molecule has 20 heavy (non-hydrogen) atoms. The monoisotopic (exact) mass is 300 g/mol. The summed E-state index contributed by atoms with van der Waals surface area (Å²) >= 11 is 5.65. The molecule has 1 amide bonds. The Morgan fingerprint density at radius 2 is 2.15 bits per heavy atom. The highest BCUT2D eigenvalue weighted by Gasteiger charge is 2.12. The van der Waals surface area contributed by atoms with E-state index in [0.29, 0.717) is 6.54 Å². The summed E-state index contributed by atoms with van der Waals surface area (Å²) < 4.78 is 18.8. The van der Waals surface area contributed by atoms with Gasteiger partial charge in [0, 0.05) is 24.7 Å². The Morgan fingerprint density at radius 1 is 1.40 bits per heavy atom. The number of nitrogens with zero attached hydrogens (tertiary/aromatic N) is 1. The highest BCUT2D eigenvalue weighted by Crippen LogP contribution is 2.14. The first kappa shape index (κ1) is 15.2. The quantitative estimate of drug-likeness (QED) is 0.845. The summed E-state index contributed by atoms with van der Waals surface area (Å²) in [5.41, 5.74) is 0.0285. The predicted octanol–water partition coefficient (Wildman–Crippen LogP) is 1.93. The molecule has 1 aromatic rings. The molecule has 1 aliphatic heterocycles. The minimum Gasteiger partial charge on any atom is -0.379 e. The number of benzene rings is 1. The number of amides is 1. The maximum Gasteiger partial charge on any atom is 0.254 e. The Morgan fingerprint density at radius 3 is 2.85 bits per heavy atom. The lowest BCUT2D eigenvalue weighted by molar-refractivity contribution is 0.0374. The van der Waals surface area contributed by atoms with Crippen LogP contribution in [0.2, 0.25) is 5.02 Å². The Balaban J connectivity index is 1.72. The number of carbonyl (C=O) groups is 1. The molecular weight excluding hydrogens is 283 g/mol. The number of hydrogen-bond acceptors (Lipinski definition) is 3. The van der Waals surface area contributed by atoms with E-state index in [1.54, 1.807) is 0 Å². The molecule has 0 radical (unpaired) electrons. The van der Waals surface area contributed by atoms with Crippen LogP contribution in [0.25, 0.3) is 0 Å². The summed E-state index contributed by atoms with van der Waals surface area (Å²) in [5, 5.41) is 3.00. The van der Waals surface area contributed by atoms with E-state index in [4.69, 9.17) is 16.3 Å². The number of rotatable bonds is 5. The Kier molecular flexibility index (Phi) is 5.76. The van der Waals surface area contributed by atoms with Crippen LogP contribution >= 0.6 is 11.6 Å². The average Bonchev–Trinajstić information content (AvgIpc) is 2.44. The normalized spacial score (nSPS) is 16.1. The van der Waals surface area contributed by atoms with Crippen molar-refractivity contribution in [3.8, 4) is 0 Å². The van der Waals surface area contributed by atoms with E-state index in [-0.39, 0.29) is 10.6 Å². The summed E-state index contributed by atoms with van der Waals surface area (Å²) in [6.45, 7) is 4.83. The molecule has 0 atom stereocenters. The first-order valence-corrected chi connectivity index (χ1v) is 7.08. The van der Waals surface area contributed by atoms with Crippen LogP contribution in [0.1, 0.15) is 16.8 Å². The van der Waals surface area contributed by atoms with Crippen molar-refractivity contribution in [1.82, 2.24) is 10.2 Å². The fourth-order valence-corrected chi connectivity index (χ4v) is 2.26. The highest BCUT2D eigenvalue weighted by molar-refractivity contribution is 6.30. The maximum atomic E-state index is 13.5. The third-order valence-electron chi connectivity index (χ3n) is 3.22. The van der Waals surface area contributed by atoms with Gasteiger partial charge in [0.25, 0.3) is 5.91 Å². The molecule has 6 heteroatoms. The van der Waals surface area contributed by atoms with Gasteiger partial charge in [-0.05, 0) is 31.2 Å². The zero-order valence-corrected chi connectivity index (χ0v) is 12.0. The summed E-state index contributed by atoms with van der Waals surface area (Å²) in [6.07, 6.45) is 0.834. The number of ether oxygens (including phenoxy) is 1. The van der Waals surface area contributed by atoms with E-state index in [1.165, 1.54) is 12.1 Å². The van der Waals surface area contributed by atoms with Crippen LogP contribution in [0.3, 0.4) is 0 Å². The van der Waals surface area contributed by atoms with E-state index in [0.717, 1.165) is 45.3 Å². The molecule has 1 saturated heterocycles. The first-order valence-electron chi connectivity index (χ1n) is 6.70. The maximum absolute atomic E-state index is 13.5. The fraction of sp³-hybridized carbons (Fsp3) is 0.500. The predicted molar refractivity (Wildman–Crippen MR) is 75.6 cm³/mol. The van der Waals surface area contributed by atoms with E-state index in [1.807, 2.05) is 0 Å². The van der Waals surface area contributed by atoms with Gasteiger partial charge in [-0.2, -0.15) is 0 Å². The van der Waals surface area contributed by atoms with Gasteiger partial charge < -0.3 is 10.1 Å². The van der Waals surface area contributed by atoms with Gasteiger partial charge in [-0.1, -0.05) is 11.6 Å². The molecule has 4 nitrogen and oxygen atoms in total. The van der Waals surface area contributed by atoms with Crippen LogP contribution in [0.5, 0.6) is 0 Å². The second-order valence-corrected chi connectivity index (χ2v) is 5.12. The van der Waals surface area contributed by atoms with Crippen molar-refractivity contribution in [3.63, 3.8) is 0 Å². The van der Waals surface area contributed by atoms with Crippen LogP contribution in [-0.2, 0) is 4.74 Å². The van der Waals surface area contributed by atoms with Gasteiger partial charge >= 0.3 is 0 Å². The molecule has 1 aliphatic rings. The number of carbonyl (C=O) groups excluding carboxylic acids is 1. The van der Waals surface area contributed by atoms with Crippen LogP contribution in [0, 0.1) is 5.82 Å². The lowest BCUT2D eigenvalue weighted by Gasteiger charge is -2.26. The van der Waals surface area contributed by atoms with Gasteiger partial charge in [0.15, 0.2) is 0 Å². The largest absolute Gasteiger partial charge is 0.379 e. The van der Waals surface area contributed by atoms with Crippen molar-refractivity contribution in [3.05, 3.63) is 34.6 Å². The first-order chi connectivity index (χ1) is 9.66. The van der Waals surface area contributed by atoms with Crippen molar-refractivity contribution in [1.29, 1.82) is 0 Å². The van der Waals surface area contributed by atoms with Gasteiger partial charge in [-0.25, -0.2) is 4.39 Å². The molecule has 2 rings (SSSR count). The van der Waals surface area contributed by atoms with Crippen molar-refractivity contribution >= 4 is 17.5 Å². The number of hydrogen-bond donors (Lipinski definition) is 1. The van der Waals surface area contributed by atoms with Gasteiger partial charge in [0.2, 0.25) is 0 Å². The molecule has 0 aromatic heterocycles. The third-order valence-corrected chi connectivity index (χ3v) is 3.45. The van der Waals surface area contributed by atoms with Crippen molar-refractivity contribution in [2.45, 2.75) is 6.42 Å². The Labute approximate surface area is 122 Å². The Bertz CT molecular complexity index is 464. The molecule has 1 N–H and O–H groups in total. The van der Waals surface area contributed by atoms with E-state index >= 15 is 0 Å². The molecule has 1 aromatic carbocycles. The topological polar surface area (TPSA) is 41.6 Å². The van der Waals surface area contributed by atoms with Crippen molar-refractivity contribution in [2.75, 3.05) is 39.4 Å². The van der Waals surface area contributed by atoms with Crippen LogP contribution in [-0.4, -0.2) is 50.2 Å². The highest BCUT2D eigenvalue weighted by atomic mass is 35.5. The molecule has 110 valence electrons. The fourth-order valence-electron chi connectivity index (χ4n) is 2.10. The molecule has 0 unspecified atom stereocenters. The van der Waals surface area contributed by atoms with E-state index in [2.05, 4.69) is 10.2 Å². The summed E-state index contributed by atoms with van der Waals surface area (Å²) in [7, 11) is 0. The van der Waals surface area contributed by atoms with Crippen molar-refractivity contribution < 1.29 is 13.9 Å². The summed E-state index contributed by atoms with van der Waals surface area (Å²) in [4.78, 5) is 14.1. The van der Waals surface area contributed by atoms with Crippen LogP contribution in [0.4, 0.5) is 4.39 Å². The van der Waals surface area contributed by atoms with Gasteiger partial charge in [-0.3, -0.25) is 9.69 Å². The minimum absolute atomic E-state index is 0.0285. The van der Waals surface area contributed by atoms with E-state index in [9.17, 15) is 9.18 Å². The molecule has 0 spiro atoms. The van der Waals surface area contributed by atoms with Crippen LogP contribution < -0.4 is 5.32 Å². The number of nitrogens with one attached hydrogen (secondary N) is 1.